The van der Waals surface area contributed by atoms with Crippen molar-refractivity contribution in [3.8, 4) is 22.6 Å². The van der Waals surface area contributed by atoms with Crippen LogP contribution in [0.2, 0.25) is 0 Å². The predicted octanol–water partition coefficient (Wildman–Crippen LogP) is 5.10. The zero-order valence-electron chi connectivity index (χ0n) is 19.2. The highest BCUT2D eigenvalue weighted by Gasteiger charge is 2.13. The van der Waals surface area contributed by atoms with Crippen LogP contribution in [0.25, 0.3) is 11.1 Å². The van der Waals surface area contributed by atoms with Crippen molar-refractivity contribution in [2.75, 3.05) is 13.3 Å². The standard InChI is InChI=1S/C29H29N3O2/c1-2-10-27(25(7-1)20-31-19-23-11-12-28-29(17-23)34-21-33-28)24-8-5-6-22(16-24)18-30-15-13-26-9-3-4-14-32-26/h1-12,14,16-17,30-31H,13,15,18-21H2. The van der Waals surface area contributed by atoms with Crippen molar-refractivity contribution in [2.24, 2.45) is 0 Å². The molecule has 1 aliphatic heterocycles. The van der Waals surface area contributed by atoms with E-state index in [1.54, 1.807) is 0 Å². The quantitative estimate of drug-likeness (QED) is 0.329. The summed E-state index contributed by atoms with van der Waals surface area (Å²) in [7, 11) is 0. The van der Waals surface area contributed by atoms with Crippen molar-refractivity contribution in [2.45, 2.75) is 26.1 Å². The lowest BCUT2D eigenvalue weighted by Crippen LogP contribution is -2.17. The maximum Gasteiger partial charge on any atom is 0.231 e. The molecule has 4 aromatic rings. The molecule has 5 nitrogen and oxygen atoms in total. The Kier molecular flexibility index (Phi) is 7.14. The fourth-order valence-corrected chi connectivity index (χ4v) is 4.19. The van der Waals surface area contributed by atoms with Crippen molar-refractivity contribution in [1.29, 1.82) is 0 Å². The van der Waals surface area contributed by atoms with E-state index in [1.165, 1.54) is 27.8 Å². The van der Waals surface area contributed by atoms with Gasteiger partial charge in [0.25, 0.3) is 0 Å². The van der Waals surface area contributed by atoms with Gasteiger partial charge in [0.15, 0.2) is 11.5 Å². The van der Waals surface area contributed by atoms with Crippen LogP contribution in [-0.4, -0.2) is 18.3 Å². The SMILES string of the molecule is c1ccc(CCNCc2cccc(-c3ccccc3CNCc3ccc4c(c3)OCO4)c2)nc1. The molecule has 34 heavy (non-hydrogen) atoms. The van der Waals surface area contributed by atoms with Gasteiger partial charge in [0, 0.05) is 44.5 Å². The number of hydrogen-bond acceptors (Lipinski definition) is 5. The number of aromatic nitrogens is 1. The molecule has 5 heteroatoms. The first-order chi connectivity index (χ1) is 16.8. The Hall–Kier alpha value is -3.67. The van der Waals surface area contributed by atoms with Gasteiger partial charge >= 0.3 is 0 Å². The first kappa shape index (κ1) is 22.1. The molecule has 0 spiro atoms. The lowest BCUT2D eigenvalue weighted by Gasteiger charge is -2.13. The number of nitrogens with zero attached hydrogens (tertiary/aromatic N) is 1. The molecule has 0 atom stereocenters. The van der Waals surface area contributed by atoms with Crippen LogP contribution in [0, 0.1) is 0 Å². The zero-order chi connectivity index (χ0) is 23.0. The summed E-state index contributed by atoms with van der Waals surface area (Å²) >= 11 is 0. The molecule has 0 radical (unpaired) electrons. The van der Waals surface area contributed by atoms with E-state index < -0.39 is 0 Å². The molecule has 5 rings (SSSR count). The highest BCUT2D eigenvalue weighted by Crippen LogP contribution is 2.32. The second kappa shape index (κ2) is 11.0. The van der Waals surface area contributed by atoms with E-state index in [4.69, 9.17) is 9.47 Å². The van der Waals surface area contributed by atoms with Gasteiger partial charge in [-0.05, 0) is 58.1 Å². The average molecular weight is 452 g/mol. The number of benzene rings is 3. The van der Waals surface area contributed by atoms with Gasteiger partial charge in [-0.3, -0.25) is 4.98 Å². The summed E-state index contributed by atoms with van der Waals surface area (Å²) in [4.78, 5) is 4.39. The predicted molar refractivity (Wildman–Crippen MR) is 135 cm³/mol. The third-order valence-electron chi connectivity index (χ3n) is 5.95. The molecule has 0 amide bonds. The maximum atomic E-state index is 5.49. The minimum absolute atomic E-state index is 0.304. The monoisotopic (exact) mass is 451 g/mol. The lowest BCUT2D eigenvalue weighted by molar-refractivity contribution is 0.174. The lowest BCUT2D eigenvalue weighted by atomic mass is 9.98. The fraction of sp³-hybridized carbons (Fsp3) is 0.207. The molecule has 1 aromatic heterocycles. The summed E-state index contributed by atoms with van der Waals surface area (Å²) in [6.07, 6.45) is 2.78. The average Bonchev–Trinajstić information content (AvgIpc) is 3.36. The van der Waals surface area contributed by atoms with Crippen molar-refractivity contribution < 1.29 is 9.47 Å². The van der Waals surface area contributed by atoms with Crippen LogP contribution in [0.3, 0.4) is 0 Å². The Balaban J connectivity index is 1.18. The molecule has 1 aliphatic rings. The van der Waals surface area contributed by atoms with E-state index in [1.807, 2.05) is 30.5 Å². The van der Waals surface area contributed by atoms with Gasteiger partial charge in [-0.2, -0.15) is 0 Å². The third-order valence-corrected chi connectivity index (χ3v) is 5.95. The topological polar surface area (TPSA) is 55.4 Å². The van der Waals surface area contributed by atoms with Crippen molar-refractivity contribution in [3.05, 3.63) is 114 Å². The summed E-state index contributed by atoms with van der Waals surface area (Å²) in [6, 6.07) is 29.5. The Morgan fingerprint density at radius 2 is 1.56 bits per heavy atom. The molecular formula is C29H29N3O2. The third kappa shape index (κ3) is 5.63. The van der Waals surface area contributed by atoms with E-state index in [2.05, 4.69) is 76.3 Å². The maximum absolute atomic E-state index is 5.49. The van der Waals surface area contributed by atoms with E-state index in [0.29, 0.717) is 6.79 Å². The molecule has 172 valence electrons. The molecule has 0 unspecified atom stereocenters. The molecular weight excluding hydrogens is 422 g/mol. The zero-order valence-corrected chi connectivity index (χ0v) is 19.2. The number of fused-ring (bicyclic) bond motifs is 1. The van der Waals surface area contributed by atoms with Gasteiger partial charge in [0.1, 0.15) is 0 Å². The van der Waals surface area contributed by atoms with Gasteiger partial charge in [0.05, 0.1) is 0 Å². The number of hydrogen-bond donors (Lipinski definition) is 2. The van der Waals surface area contributed by atoms with Gasteiger partial charge < -0.3 is 20.1 Å². The summed E-state index contributed by atoms with van der Waals surface area (Å²) in [5.74, 6) is 1.64. The Morgan fingerprint density at radius 1 is 0.706 bits per heavy atom. The second-order valence-electron chi connectivity index (χ2n) is 8.40. The minimum atomic E-state index is 0.304. The Bertz CT molecular complexity index is 1230. The molecule has 2 N–H and O–H groups in total. The highest BCUT2D eigenvalue weighted by atomic mass is 16.7. The van der Waals surface area contributed by atoms with Crippen molar-refractivity contribution in [3.63, 3.8) is 0 Å². The van der Waals surface area contributed by atoms with Crippen LogP contribution in [0.15, 0.2) is 91.1 Å². The fourth-order valence-electron chi connectivity index (χ4n) is 4.19. The first-order valence-corrected chi connectivity index (χ1v) is 11.7. The second-order valence-corrected chi connectivity index (χ2v) is 8.40. The van der Waals surface area contributed by atoms with Crippen LogP contribution in [0.1, 0.15) is 22.4 Å². The van der Waals surface area contributed by atoms with Crippen LogP contribution in [-0.2, 0) is 26.1 Å². The number of ether oxygens (including phenoxy) is 2. The summed E-state index contributed by atoms with van der Waals surface area (Å²) < 4.78 is 10.9. The molecule has 2 heterocycles. The van der Waals surface area contributed by atoms with E-state index in [-0.39, 0.29) is 0 Å². The summed E-state index contributed by atoms with van der Waals surface area (Å²) in [6.45, 7) is 3.60. The van der Waals surface area contributed by atoms with Gasteiger partial charge in [-0.25, -0.2) is 0 Å². The van der Waals surface area contributed by atoms with Crippen LogP contribution >= 0.6 is 0 Å². The summed E-state index contributed by atoms with van der Waals surface area (Å²) in [5.41, 5.74) is 7.36. The van der Waals surface area contributed by atoms with Gasteiger partial charge in [-0.15, -0.1) is 0 Å². The van der Waals surface area contributed by atoms with Crippen LogP contribution in [0.5, 0.6) is 11.5 Å². The highest BCUT2D eigenvalue weighted by molar-refractivity contribution is 5.68. The first-order valence-electron chi connectivity index (χ1n) is 11.7. The Morgan fingerprint density at radius 3 is 2.50 bits per heavy atom. The molecule has 0 fully saturated rings. The van der Waals surface area contributed by atoms with Gasteiger partial charge in [-0.1, -0.05) is 54.6 Å². The van der Waals surface area contributed by atoms with E-state index in [0.717, 1.165) is 49.8 Å². The molecule has 0 bridgehead atoms. The van der Waals surface area contributed by atoms with Crippen molar-refractivity contribution in [1.82, 2.24) is 15.6 Å². The number of pyridine rings is 1. The smallest absolute Gasteiger partial charge is 0.231 e. The largest absolute Gasteiger partial charge is 0.454 e. The Labute approximate surface area is 200 Å². The normalized spacial score (nSPS) is 12.1. The van der Waals surface area contributed by atoms with E-state index >= 15 is 0 Å². The van der Waals surface area contributed by atoms with Crippen LogP contribution < -0.4 is 20.1 Å². The van der Waals surface area contributed by atoms with Crippen LogP contribution in [0.4, 0.5) is 0 Å². The molecule has 0 saturated carbocycles. The molecule has 0 saturated heterocycles. The van der Waals surface area contributed by atoms with E-state index in [9.17, 15) is 0 Å². The van der Waals surface area contributed by atoms with Gasteiger partial charge in [0.2, 0.25) is 6.79 Å². The molecule has 3 aromatic carbocycles. The number of rotatable bonds is 10. The van der Waals surface area contributed by atoms with Crippen molar-refractivity contribution >= 4 is 0 Å². The summed E-state index contributed by atoms with van der Waals surface area (Å²) in [5, 5.41) is 7.12. The number of nitrogens with one attached hydrogen (secondary N) is 2. The minimum Gasteiger partial charge on any atom is -0.454 e. The molecule has 0 aliphatic carbocycles.